The van der Waals surface area contributed by atoms with Crippen LogP contribution in [-0.4, -0.2) is 27.0 Å². The Hall–Kier alpha value is -1.54. The van der Waals surface area contributed by atoms with Crippen molar-refractivity contribution >= 4 is 15.9 Å². The number of hydrogen-bond donors (Lipinski definition) is 1. The minimum atomic E-state index is -4.39. The summed E-state index contributed by atoms with van der Waals surface area (Å²) in [5, 5.41) is 0. The summed E-state index contributed by atoms with van der Waals surface area (Å²) in [6.07, 6.45) is 4.19. The Morgan fingerprint density at radius 3 is 2.08 bits per heavy atom. The zero-order chi connectivity index (χ0) is 18.0. The van der Waals surface area contributed by atoms with Crippen LogP contribution in [0.4, 0.5) is 8.78 Å². The van der Waals surface area contributed by atoms with Crippen LogP contribution in [-0.2, 0) is 19.6 Å². The van der Waals surface area contributed by atoms with Crippen molar-refractivity contribution in [2.24, 2.45) is 0 Å². The van der Waals surface area contributed by atoms with Crippen molar-refractivity contribution < 1.29 is 26.7 Å². The number of rotatable bonds is 4. The van der Waals surface area contributed by atoms with Crippen LogP contribution in [0.1, 0.15) is 44.1 Å². The molecule has 1 aromatic carbocycles. The molecule has 0 aliphatic heterocycles. The second kappa shape index (κ2) is 7.14. The number of nitrogens with one attached hydrogen (secondary N) is 1. The summed E-state index contributed by atoms with van der Waals surface area (Å²) < 4.78 is 59.1. The van der Waals surface area contributed by atoms with Gasteiger partial charge in [0.1, 0.15) is 17.2 Å². The van der Waals surface area contributed by atoms with E-state index in [1.807, 2.05) is 4.72 Å². The monoisotopic (exact) mass is 361 g/mol. The van der Waals surface area contributed by atoms with E-state index in [2.05, 4.69) is 0 Å². The summed E-state index contributed by atoms with van der Waals surface area (Å²) >= 11 is 0. The molecular weight excluding hydrogens is 340 g/mol. The molecule has 134 valence electrons. The second-order valence-corrected chi connectivity index (χ2v) is 7.74. The fourth-order valence-corrected chi connectivity index (χ4v) is 3.94. The van der Waals surface area contributed by atoms with Crippen molar-refractivity contribution in [3.8, 4) is 0 Å². The van der Waals surface area contributed by atoms with E-state index in [1.54, 1.807) is 0 Å². The first-order valence-corrected chi connectivity index (χ1v) is 9.28. The average Bonchev–Trinajstić information content (AvgIpc) is 2.78. The Balaban J connectivity index is 2.29. The third kappa shape index (κ3) is 3.75. The number of carbonyl (C=O) groups is 1. The minimum absolute atomic E-state index is 0.280. The predicted octanol–water partition coefficient (Wildman–Crippen LogP) is 2.82. The summed E-state index contributed by atoms with van der Waals surface area (Å²) in [6, 6.07) is 1.39. The van der Waals surface area contributed by atoms with E-state index < -0.39 is 38.1 Å². The number of benzene rings is 1. The molecule has 0 radical (unpaired) electrons. The molecule has 1 fully saturated rings. The van der Waals surface area contributed by atoms with Crippen molar-refractivity contribution in [3.63, 3.8) is 0 Å². The zero-order valence-electron chi connectivity index (χ0n) is 13.7. The lowest BCUT2D eigenvalue weighted by molar-refractivity contribution is -0.143. The molecule has 0 bridgehead atoms. The Labute approximate surface area is 140 Å². The van der Waals surface area contributed by atoms with Crippen LogP contribution in [0.15, 0.2) is 17.0 Å². The predicted molar refractivity (Wildman–Crippen MR) is 83.9 cm³/mol. The van der Waals surface area contributed by atoms with Gasteiger partial charge in [0.05, 0.1) is 4.90 Å². The van der Waals surface area contributed by atoms with Crippen molar-refractivity contribution in [1.82, 2.24) is 4.72 Å². The highest BCUT2D eigenvalue weighted by atomic mass is 32.2. The number of ether oxygens (including phenoxy) is 1. The van der Waals surface area contributed by atoms with Gasteiger partial charge in [-0.25, -0.2) is 21.9 Å². The minimum Gasteiger partial charge on any atom is -0.368 e. The maximum absolute atomic E-state index is 13.6. The van der Waals surface area contributed by atoms with Gasteiger partial charge in [-0.15, -0.1) is 0 Å². The van der Waals surface area contributed by atoms with Gasteiger partial charge in [-0.05, 0) is 31.9 Å². The number of methoxy groups -OCH3 is 1. The number of carbonyl (C=O) groups excluding carboxylic acids is 1. The topological polar surface area (TPSA) is 72.5 Å². The van der Waals surface area contributed by atoms with Gasteiger partial charge in [0.25, 0.3) is 15.9 Å². The van der Waals surface area contributed by atoms with Gasteiger partial charge in [0, 0.05) is 12.7 Å². The van der Waals surface area contributed by atoms with E-state index in [9.17, 15) is 22.0 Å². The van der Waals surface area contributed by atoms with Crippen molar-refractivity contribution in [1.29, 1.82) is 0 Å². The van der Waals surface area contributed by atoms with E-state index in [0.29, 0.717) is 25.0 Å². The lowest BCUT2D eigenvalue weighted by Crippen LogP contribution is -2.49. The van der Waals surface area contributed by atoms with Crippen LogP contribution in [0, 0.1) is 18.6 Å². The number of amides is 1. The van der Waals surface area contributed by atoms with Gasteiger partial charge in [0.2, 0.25) is 0 Å². The molecule has 0 aromatic heterocycles. The smallest absolute Gasteiger partial charge is 0.265 e. The molecule has 1 N–H and O–H groups in total. The fourth-order valence-electron chi connectivity index (χ4n) is 2.87. The molecular formula is C16H21F2NO4S. The largest absolute Gasteiger partial charge is 0.368 e. The zero-order valence-corrected chi connectivity index (χ0v) is 14.5. The van der Waals surface area contributed by atoms with Crippen LogP contribution in [0.2, 0.25) is 0 Å². The van der Waals surface area contributed by atoms with E-state index in [0.717, 1.165) is 25.7 Å². The van der Waals surface area contributed by atoms with E-state index in [1.165, 1.54) is 14.0 Å². The van der Waals surface area contributed by atoms with Crippen molar-refractivity contribution in [3.05, 3.63) is 29.3 Å². The standard InChI is InChI=1S/C16H21F2NO4S/c1-11-13(17)9-12(10-14(11)18)24(21,22)19-15(20)16(23-2)7-5-3-4-6-8-16/h9-10H,3-8H2,1-2H3,(H,19,20). The van der Waals surface area contributed by atoms with Gasteiger partial charge in [-0.2, -0.15) is 0 Å². The highest BCUT2D eigenvalue weighted by molar-refractivity contribution is 7.90. The summed E-state index contributed by atoms with van der Waals surface area (Å²) in [5.74, 6) is -2.77. The first-order chi connectivity index (χ1) is 11.2. The lowest BCUT2D eigenvalue weighted by Gasteiger charge is -2.29. The molecule has 1 aromatic rings. The summed E-state index contributed by atoms with van der Waals surface area (Å²) in [5.41, 5.74) is -1.51. The Bertz CT molecular complexity index is 703. The third-order valence-electron chi connectivity index (χ3n) is 4.51. The molecule has 0 saturated heterocycles. The molecule has 5 nitrogen and oxygen atoms in total. The second-order valence-electron chi connectivity index (χ2n) is 6.06. The maximum atomic E-state index is 13.6. The third-order valence-corrected chi connectivity index (χ3v) is 5.82. The van der Waals surface area contributed by atoms with Crippen molar-refractivity contribution in [2.75, 3.05) is 7.11 Å². The van der Waals surface area contributed by atoms with Gasteiger partial charge in [-0.3, -0.25) is 4.79 Å². The first kappa shape index (κ1) is 18.8. The van der Waals surface area contributed by atoms with Crippen LogP contribution in [0.3, 0.4) is 0 Å². The molecule has 0 unspecified atom stereocenters. The number of sulfonamides is 1. The molecule has 1 aliphatic rings. The number of halogens is 2. The average molecular weight is 361 g/mol. The van der Waals surface area contributed by atoms with Crippen molar-refractivity contribution in [2.45, 2.75) is 55.9 Å². The molecule has 1 aliphatic carbocycles. The summed E-state index contributed by atoms with van der Waals surface area (Å²) in [7, 11) is -3.03. The van der Waals surface area contributed by atoms with E-state index >= 15 is 0 Å². The van der Waals surface area contributed by atoms with Crippen LogP contribution in [0.25, 0.3) is 0 Å². The van der Waals surface area contributed by atoms with E-state index in [-0.39, 0.29) is 5.56 Å². The highest BCUT2D eigenvalue weighted by Gasteiger charge is 2.40. The van der Waals surface area contributed by atoms with Gasteiger partial charge < -0.3 is 4.74 Å². The van der Waals surface area contributed by atoms with E-state index in [4.69, 9.17) is 4.74 Å². The quantitative estimate of drug-likeness (QED) is 0.837. The Morgan fingerprint density at radius 2 is 1.62 bits per heavy atom. The maximum Gasteiger partial charge on any atom is 0.265 e. The normalized spacial score (nSPS) is 18.0. The summed E-state index contributed by atoms with van der Waals surface area (Å²) in [4.78, 5) is 11.9. The van der Waals surface area contributed by atoms with Gasteiger partial charge in [-0.1, -0.05) is 25.7 Å². The molecule has 1 amide bonds. The molecule has 0 heterocycles. The lowest BCUT2D eigenvalue weighted by atomic mass is 9.93. The molecule has 8 heteroatoms. The van der Waals surface area contributed by atoms with Gasteiger partial charge in [0.15, 0.2) is 0 Å². The van der Waals surface area contributed by atoms with Crippen LogP contribution in [0.5, 0.6) is 0 Å². The summed E-state index contributed by atoms with van der Waals surface area (Å²) in [6.45, 7) is 1.20. The van der Waals surface area contributed by atoms with Crippen LogP contribution >= 0.6 is 0 Å². The molecule has 0 spiro atoms. The SMILES string of the molecule is COC1(C(=O)NS(=O)(=O)c2cc(F)c(C)c(F)c2)CCCCCC1. The molecule has 2 rings (SSSR count). The van der Waals surface area contributed by atoms with Crippen LogP contribution < -0.4 is 4.72 Å². The fraction of sp³-hybridized carbons (Fsp3) is 0.562. The molecule has 1 saturated carbocycles. The molecule has 0 atom stereocenters. The first-order valence-electron chi connectivity index (χ1n) is 7.80. The van der Waals surface area contributed by atoms with Gasteiger partial charge >= 0.3 is 0 Å². The molecule has 24 heavy (non-hydrogen) atoms. The Morgan fingerprint density at radius 1 is 1.12 bits per heavy atom. The highest BCUT2D eigenvalue weighted by Crippen LogP contribution is 2.31. The Kier molecular flexibility index (Phi) is 5.59. The number of hydrogen-bond acceptors (Lipinski definition) is 4.